The van der Waals surface area contributed by atoms with E-state index >= 15 is 0 Å². The summed E-state index contributed by atoms with van der Waals surface area (Å²) < 4.78 is 1.03. The van der Waals surface area contributed by atoms with Crippen LogP contribution in [0.25, 0.3) is 10.9 Å². The number of nitrogens with one attached hydrogen (secondary N) is 1. The highest BCUT2D eigenvalue weighted by molar-refractivity contribution is 5.92. The smallest absolute Gasteiger partial charge is 0.335 e. The molecular formula is C15H11N3O4. The second kappa shape index (κ2) is 5.28. The van der Waals surface area contributed by atoms with Crippen LogP contribution in [0.2, 0.25) is 0 Å². The van der Waals surface area contributed by atoms with Gasteiger partial charge in [0.05, 0.1) is 23.0 Å². The van der Waals surface area contributed by atoms with E-state index in [2.05, 4.69) is 9.97 Å². The van der Waals surface area contributed by atoms with Crippen molar-refractivity contribution in [3.05, 3.63) is 74.7 Å². The fourth-order valence-corrected chi connectivity index (χ4v) is 2.20. The minimum absolute atomic E-state index is 0.00731. The summed E-state index contributed by atoms with van der Waals surface area (Å²) >= 11 is 0. The van der Waals surface area contributed by atoms with Gasteiger partial charge in [0.25, 0.3) is 5.56 Å². The molecule has 0 saturated carbocycles. The summed E-state index contributed by atoms with van der Waals surface area (Å²) in [6.07, 6.45) is 3.14. The maximum Gasteiger partial charge on any atom is 0.335 e. The van der Waals surface area contributed by atoms with E-state index in [0.717, 1.165) is 10.1 Å². The molecule has 1 aromatic carbocycles. The Morgan fingerprint density at radius 1 is 1.18 bits per heavy atom. The predicted molar refractivity (Wildman–Crippen MR) is 79.1 cm³/mol. The van der Waals surface area contributed by atoms with Gasteiger partial charge in [-0.3, -0.25) is 14.3 Å². The van der Waals surface area contributed by atoms with Crippen LogP contribution in [0.3, 0.4) is 0 Å². The van der Waals surface area contributed by atoms with Crippen molar-refractivity contribution >= 4 is 16.9 Å². The van der Waals surface area contributed by atoms with Gasteiger partial charge in [-0.1, -0.05) is 0 Å². The SMILES string of the molecule is O=C(O)c1ccc2[nH]c(=O)n(Cc3ccncc3)c(=O)c2c1. The second-order valence-corrected chi connectivity index (χ2v) is 4.74. The third-order valence-corrected chi connectivity index (χ3v) is 3.32. The molecule has 0 unspecified atom stereocenters. The number of fused-ring (bicyclic) bond motifs is 1. The molecule has 2 heterocycles. The number of pyridine rings is 1. The van der Waals surface area contributed by atoms with Crippen molar-refractivity contribution < 1.29 is 9.90 Å². The summed E-state index contributed by atoms with van der Waals surface area (Å²) in [4.78, 5) is 42.0. The van der Waals surface area contributed by atoms with Crippen LogP contribution < -0.4 is 11.2 Å². The number of nitrogens with zero attached hydrogens (tertiary/aromatic N) is 2. The number of aromatic carboxylic acids is 1. The van der Waals surface area contributed by atoms with E-state index in [-0.39, 0.29) is 17.5 Å². The van der Waals surface area contributed by atoms with Crippen LogP contribution >= 0.6 is 0 Å². The molecule has 7 nitrogen and oxygen atoms in total. The van der Waals surface area contributed by atoms with Gasteiger partial charge in [-0.2, -0.15) is 0 Å². The standard InChI is InChI=1S/C15H11N3O4/c19-13-11-7-10(14(20)21)1-2-12(11)17-15(22)18(13)8-9-3-5-16-6-4-9/h1-7H,8H2,(H,17,22)(H,20,21). The average molecular weight is 297 g/mol. The first kappa shape index (κ1) is 13.7. The van der Waals surface area contributed by atoms with Crippen molar-refractivity contribution in [1.29, 1.82) is 0 Å². The Bertz CT molecular complexity index is 973. The van der Waals surface area contributed by atoms with E-state index in [1.54, 1.807) is 24.5 Å². The monoisotopic (exact) mass is 297 g/mol. The first-order valence-corrected chi connectivity index (χ1v) is 6.45. The van der Waals surface area contributed by atoms with Crippen molar-refractivity contribution in [2.45, 2.75) is 6.54 Å². The lowest BCUT2D eigenvalue weighted by atomic mass is 10.1. The van der Waals surface area contributed by atoms with Gasteiger partial charge in [0, 0.05) is 12.4 Å². The molecule has 3 rings (SSSR count). The molecule has 2 aromatic heterocycles. The number of carboxylic acid groups (broad SMARTS) is 1. The normalized spacial score (nSPS) is 10.7. The molecule has 0 saturated heterocycles. The third kappa shape index (κ3) is 2.39. The van der Waals surface area contributed by atoms with Crippen molar-refractivity contribution in [1.82, 2.24) is 14.5 Å². The molecule has 0 aliphatic rings. The zero-order valence-electron chi connectivity index (χ0n) is 11.3. The molecule has 0 spiro atoms. The zero-order valence-corrected chi connectivity index (χ0v) is 11.3. The number of aromatic amines is 1. The van der Waals surface area contributed by atoms with Gasteiger partial charge >= 0.3 is 11.7 Å². The number of rotatable bonds is 3. The summed E-state index contributed by atoms with van der Waals surface area (Å²) in [5, 5.41) is 9.17. The van der Waals surface area contributed by atoms with Crippen molar-refractivity contribution in [2.24, 2.45) is 0 Å². The molecule has 2 N–H and O–H groups in total. The molecule has 0 aliphatic heterocycles. The molecule has 0 bridgehead atoms. The summed E-state index contributed by atoms with van der Waals surface area (Å²) in [6, 6.07) is 7.41. The number of aromatic nitrogens is 3. The number of hydrogen-bond acceptors (Lipinski definition) is 4. The Hall–Kier alpha value is -3.22. The first-order chi connectivity index (χ1) is 10.6. The zero-order chi connectivity index (χ0) is 15.7. The number of H-pyrrole nitrogens is 1. The van der Waals surface area contributed by atoms with Gasteiger partial charge in [-0.15, -0.1) is 0 Å². The summed E-state index contributed by atoms with van der Waals surface area (Å²) in [6.45, 7) is 0.0872. The molecular weight excluding hydrogens is 286 g/mol. The summed E-state index contributed by atoms with van der Waals surface area (Å²) in [5.41, 5.74) is -0.0227. The third-order valence-electron chi connectivity index (χ3n) is 3.32. The molecule has 0 atom stereocenters. The van der Waals surface area contributed by atoms with Crippen LogP contribution in [0.15, 0.2) is 52.3 Å². The lowest BCUT2D eigenvalue weighted by Crippen LogP contribution is -2.35. The van der Waals surface area contributed by atoms with Crippen LogP contribution in [-0.2, 0) is 6.54 Å². The Labute approximate surface area is 123 Å². The summed E-state index contributed by atoms with van der Waals surface area (Å²) in [7, 11) is 0. The number of carboxylic acids is 1. The second-order valence-electron chi connectivity index (χ2n) is 4.74. The van der Waals surface area contributed by atoms with E-state index in [9.17, 15) is 14.4 Å². The van der Waals surface area contributed by atoms with E-state index < -0.39 is 17.2 Å². The summed E-state index contributed by atoms with van der Waals surface area (Å²) in [5.74, 6) is -1.13. The van der Waals surface area contributed by atoms with Crippen LogP contribution in [-0.4, -0.2) is 25.6 Å². The predicted octanol–water partition coefficient (Wildman–Crippen LogP) is 0.831. The fraction of sp³-hybridized carbons (Fsp3) is 0.0667. The molecule has 22 heavy (non-hydrogen) atoms. The number of benzene rings is 1. The highest BCUT2D eigenvalue weighted by Gasteiger charge is 2.11. The van der Waals surface area contributed by atoms with Gasteiger partial charge < -0.3 is 10.1 Å². The largest absolute Gasteiger partial charge is 0.478 e. The van der Waals surface area contributed by atoms with E-state index in [0.29, 0.717) is 5.52 Å². The maximum absolute atomic E-state index is 12.5. The quantitative estimate of drug-likeness (QED) is 0.745. The lowest BCUT2D eigenvalue weighted by molar-refractivity contribution is 0.0697. The van der Waals surface area contributed by atoms with Crippen LogP contribution in [0.5, 0.6) is 0 Å². The topological polar surface area (TPSA) is 105 Å². The van der Waals surface area contributed by atoms with E-state index in [4.69, 9.17) is 5.11 Å². The lowest BCUT2D eigenvalue weighted by Gasteiger charge is -2.07. The minimum Gasteiger partial charge on any atom is -0.478 e. The highest BCUT2D eigenvalue weighted by atomic mass is 16.4. The molecule has 0 amide bonds. The van der Waals surface area contributed by atoms with Crippen LogP contribution in [0.1, 0.15) is 15.9 Å². The Kier molecular flexibility index (Phi) is 3.30. The minimum atomic E-state index is -1.13. The first-order valence-electron chi connectivity index (χ1n) is 6.45. The molecule has 3 aromatic rings. The molecule has 0 radical (unpaired) electrons. The van der Waals surface area contributed by atoms with Gasteiger partial charge in [-0.25, -0.2) is 9.59 Å². The average Bonchev–Trinajstić information content (AvgIpc) is 2.52. The Balaban J connectivity index is 2.20. The van der Waals surface area contributed by atoms with Gasteiger partial charge in [0.2, 0.25) is 0 Å². The van der Waals surface area contributed by atoms with Crippen molar-refractivity contribution in [3.8, 4) is 0 Å². The van der Waals surface area contributed by atoms with Crippen LogP contribution in [0.4, 0.5) is 0 Å². The molecule has 0 aliphatic carbocycles. The van der Waals surface area contributed by atoms with Gasteiger partial charge in [0.1, 0.15) is 0 Å². The van der Waals surface area contributed by atoms with E-state index in [1.165, 1.54) is 18.2 Å². The molecule has 110 valence electrons. The van der Waals surface area contributed by atoms with Crippen molar-refractivity contribution in [3.63, 3.8) is 0 Å². The van der Waals surface area contributed by atoms with Gasteiger partial charge in [0.15, 0.2) is 0 Å². The number of hydrogen-bond donors (Lipinski definition) is 2. The molecule has 7 heteroatoms. The van der Waals surface area contributed by atoms with E-state index in [1.807, 2.05) is 0 Å². The van der Waals surface area contributed by atoms with Gasteiger partial charge in [-0.05, 0) is 35.9 Å². The maximum atomic E-state index is 12.5. The Morgan fingerprint density at radius 3 is 2.59 bits per heavy atom. The van der Waals surface area contributed by atoms with Crippen LogP contribution in [0, 0.1) is 0 Å². The fourth-order valence-electron chi connectivity index (χ4n) is 2.20. The molecule has 0 fully saturated rings. The number of carbonyl (C=O) groups is 1. The Morgan fingerprint density at radius 2 is 1.91 bits per heavy atom. The highest BCUT2D eigenvalue weighted by Crippen LogP contribution is 2.09. The van der Waals surface area contributed by atoms with Crippen molar-refractivity contribution in [2.75, 3.05) is 0 Å².